The first-order valence-electron chi connectivity index (χ1n) is 7.82. The lowest BCUT2D eigenvalue weighted by molar-refractivity contribution is 0.241. The van der Waals surface area contributed by atoms with E-state index in [0.29, 0.717) is 11.7 Å². The molecule has 1 aliphatic rings. The Morgan fingerprint density at radius 2 is 2.29 bits per heavy atom. The zero-order valence-corrected chi connectivity index (χ0v) is 12.7. The van der Waals surface area contributed by atoms with Crippen molar-refractivity contribution >= 4 is 0 Å². The maximum Gasteiger partial charge on any atom is 0.247 e. The number of aryl methyl sites for hydroxylation is 1. The van der Waals surface area contributed by atoms with Gasteiger partial charge in [-0.3, -0.25) is 4.98 Å². The Morgan fingerprint density at radius 3 is 3.00 bits per heavy atom. The summed E-state index contributed by atoms with van der Waals surface area (Å²) in [7, 11) is 0. The van der Waals surface area contributed by atoms with Crippen molar-refractivity contribution in [2.75, 3.05) is 6.54 Å². The summed E-state index contributed by atoms with van der Waals surface area (Å²) in [5.41, 5.74) is 1.84. The Labute approximate surface area is 125 Å². The van der Waals surface area contributed by atoms with Gasteiger partial charge >= 0.3 is 0 Å². The van der Waals surface area contributed by atoms with Gasteiger partial charge in [0.2, 0.25) is 11.7 Å². The van der Waals surface area contributed by atoms with Crippen LogP contribution in [0.25, 0.3) is 11.5 Å². The fraction of sp³-hybridized carbons (Fsp3) is 0.562. The van der Waals surface area contributed by atoms with Gasteiger partial charge in [-0.15, -0.1) is 0 Å². The summed E-state index contributed by atoms with van der Waals surface area (Å²) in [5, 5.41) is 7.74. The highest BCUT2D eigenvalue weighted by molar-refractivity contribution is 5.53. The van der Waals surface area contributed by atoms with Crippen LogP contribution in [0.15, 0.2) is 22.9 Å². The summed E-state index contributed by atoms with van der Waals surface area (Å²) in [5.74, 6) is 1.32. The largest absolute Gasteiger partial charge is 0.337 e. The standard InChI is InChI=1S/C16H22N4O/c1-3-8-16(9-6-11-18-16)15-19-14(20-21-15)13-12(4-2)7-5-10-17-13/h5,7,10,18H,3-4,6,8-9,11H2,1-2H3. The Balaban J connectivity index is 1.96. The van der Waals surface area contributed by atoms with E-state index in [2.05, 4.69) is 40.4 Å². The van der Waals surface area contributed by atoms with E-state index in [9.17, 15) is 0 Å². The van der Waals surface area contributed by atoms with Crippen LogP contribution in [-0.4, -0.2) is 21.7 Å². The summed E-state index contributed by atoms with van der Waals surface area (Å²) in [6.45, 7) is 5.31. The molecule has 1 saturated heterocycles. The minimum Gasteiger partial charge on any atom is -0.337 e. The van der Waals surface area contributed by atoms with E-state index in [1.807, 2.05) is 6.07 Å². The molecule has 5 nitrogen and oxygen atoms in total. The van der Waals surface area contributed by atoms with E-state index in [1.165, 1.54) is 0 Å². The van der Waals surface area contributed by atoms with E-state index in [0.717, 1.165) is 49.9 Å². The lowest BCUT2D eigenvalue weighted by atomic mass is 9.92. The highest BCUT2D eigenvalue weighted by atomic mass is 16.5. The topological polar surface area (TPSA) is 63.8 Å². The lowest BCUT2D eigenvalue weighted by Crippen LogP contribution is -2.37. The zero-order chi connectivity index (χ0) is 14.7. The molecule has 0 radical (unpaired) electrons. The summed E-state index contributed by atoms with van der Waals surface area (Å²) >= 11 is 0. The van der Waals surface area contributed by atoms with E-state index < -0.39 is 0 Å². The molecule has 112 valence electrons. The van der Waals surface area contributed by atoms with Crippen LogP contribution in [0.1, 0.15) is 51.0 Å². The molecular weight excluding hydrogens is 264 g/mol. The number of nitrogens with zero attached hydrogens (tertiary/aromatic N) is 3. The molecule has 2 aromatic heterocycles. The van der Waals surface area contributed by atoms with E-state index in [4.69, 9.17) is 4.52 Å². The summed E-state index contributed by atoms with van der Waals surface area (Å²) in [6.07, 6.45) is 7.02. The Bertz CT molecular complexity index is 602. The van der Waals surface area contributed by atoms with Crippen LogP contribution in [0.2, 0.25) is 0 Å². The van der Waals surface area contributed by atoms with Gasteiger partial charge < -0.3 is 9.84 Å². The minimum absolute atomic E-state index is 0.138. The summed E-state index contributed by atoms with van der Waals surface area (Å²) in [6, 6.07) is 4.01. The molecule has 1 fully saturated rings. The normalized spacial score (nSPS) is 21.8. The molecule has 1 atom stereocenters. The second kappa shape index (κ2) is 5.93. The van der Waals surface area contributed by atoms with E-state index >= 15 is 0 Å². The summed E-state index contributed by atoms with van der Waals surface area (Å²) in [4.78, 5) is 9.08. The van der Waals surface area contributed by atoms with Crippen molar-refractivity contribution in [1.29, 1.82) is 0 Å². The molecule has 0 spiro atoms. The maximum absolute atomic E-state index is 5.59. The third-order valence-electron chi connectivity index (χ3n) is 4.24. The summed E-state index contributed by atoms with van der Waals surface area (Å²) < 4.78 is 5.59. The monoisotopic (exact) mass is 286 g/mol. The van der Waals surface area contributed by atoms with Gasteiger partial charge in [0.25, 0.3) is 0 Å². The molecule has 1 N–H and O–H groups in total. The highest BCUT2D eigenvalue weighted by Gasteiger charge is 2.39. The molecule has 0 saturated carbocycles. The van der Waals surface area contributed by atoms with E-state index in [-0.39, 0.29) is 5.54 Å². The second-order valence-electron chi connectivity index (χ2n) is 5.65. The molecule has 0 aliphatic carbocycles. The number of hydrogen-bond donors (Lipinski definition) is 1. The van der Waals surface area contributed by atoms with Crippen LogP contribution in [0.4, 0.5) is 0 Å². The first-order chi connectivity index (χ1) is 10.3. The Hall–Kier alpha value is -1.75. The molecule has 3 heterocycles. The second-order valence-corrected chi connectivity index (χ2v) is 5.65. The van der Waals surface area contributed by atoms with Crippen molar-refractivity contribution in [2.45, 2.75) is 51.5 Å². The van der Waals surface area contributed by atoms with Crippen LogP contribution in [0, 0.1) is 0 Å². The predicted octanol–water partition coefficient (Wildman–Crippen LogP) is 3.07. The van der Waals surface area contributed by atoms with Crippen molar-refractivity contribution in [3.8, 4) is 11.5 Å². The molecule has 21 heavy (non-hydrogen) atoms. The molecule has 1 aliphatic heterocycles. The first-order valence-corrected chi connectivity index (χ1v) is 7.82. The van der Waals surface area contributed by atoms with Gasteiger partial charge in [-0.1, -0.05) is 31.5 Å². The quantitative estimate of drug-likeness (QED) is 0.915. The van der Waals surface area contributed by atoms with Gasteiger partial charge in [-0.05, 0) is 43.9 Å². The number of pyridine rings is 1. The number of rotatable bonds is 5. The maximum atomic E-state index is 5.59. The van der Waals surface area contributed by atoms with Crippen molar-refractivity contribution in [3.63, 3.8) is 0 Å². The minimum atomic E-state index is -0.138. The number of hydrogen-bond acceptors (Lipinski definition) is 5. The van der Waals surface area contributed by atoms with Crippen molar-refractivity contribution in [1.82, 2.24) is 20.4 Å². The SMILES string of the molecule is CCCC1(c2nc(-c3ncccc3CC)no2)CCCN1. The third-order valence-corrected chi connectivity index (χ3v) is 4.24. The number of nitrogens with one attached hydrogen (secondary N) is 1. The fourth-order valence-electron chi connectivity index (χ4n) is 3.18. The lowest BCUT2D eigenvalue weighted by Gasteiger charge is -2.24. The number of aromatic nitrogens is 3. The highest BCUT2D eigenvalue weighted by Crippen LogP contribution is 2.35. The van der Waals surface area contributed by atoms with Crippen LogP contribution in [0.3, 0.4) is 0 Å². The van der Waals surface area contributed by atoms with Gasteiger partial charge in [-0.2, -0.15) is 4.98 Å². The van der Waals surface area contributed by atoms with Crippen molar-refractivity contribution in [3.05, 3.63) is 29.8 Å². The van der Waals surface area contributed by atoms with Gasteiger partial charge in [0.1, 0.15) is 5.69 Å². The van der Waals surface area contributed by atoms with Crippen LogP contribution < -0.4 is 5.32 Å². The van der Waals surface area contributed by atoms with Gasteiger partial charge in [0.05, 0.1) is 5.54 Å². The van der Waals surface area contributed by atoms with Crippen LogP contribution in [-0.2, 0) is 12.0 Å². The van der Waals surface area contributed by atoms with E-state index in [1.54, 1.807) is 6.20 Å². The molecule has 2 aromatic rings. The molecule has 0 bridgehead atoms. The average molecular weight is 286 g/mol. The zero-order valence-electron chi connectivity index (χ0n) is 12.7. The fourth-order valence-corrected chi connectivity index (χ4v) is 3.18. The van der Waals surface area contributed by atoms with Crippen molar-refractivity contribution < 1.29 is 4.52 Å². The molecule has 5 heteroatoms. The van der Waals surface area contributed by atoms with Crippen LogP contribution >= 0.6 is 0 Å². The first kappa shape index (κ1) is 14.2. The Kier molecular flexibility index (Phi) is 4.01. The predicted molar refractivity (Wildman–Crippen MR) is 80.7 cm³/mol. The van der Waals surface area contributed by atoms with Gasteiger partial charge in [0, 0.05) is 6.20 Å². The van der Waals surface area contributed by atoms with Gasteiger partial charge in [0.15, 0.2) is 0 Å². The third kappa shape index (κ3) is 2.58. The molecule has 0 aromatic carbocycles. The van der Waals surface area contributed by atoms with Crippen molar-refractivity contribution in [2.24, 2.45) is 0 Å². The molecular formula is C16H22N4O. The average Bonchev–Trinajstić information content (AvgIpc) is 3.17. The molecule has 0 amide bonds. The smallest absolute Gasteiger partial charge is 0.247 e. The molecule has 1 unspecified atom stereocenters. The van der Waals surface area contributed by atoms with Crippen LogP contribution in [0.5, 0.6) is 0 Å². The molecule has 3 rings (SSSR count). The Morgan fingerprint density at radius 1 is 1.38 bits per heavy atom. The van der Waals surface area contributed by atoms with Gasteiger partial charge in [-0.25, -0.2) is 0 Å².